The van der Waals surface area contributed by atoms with Gasteiger partial charge in [0.2, 0.25) is 41.4 Å². The maximum absolute atomic E-state index is 13.4. The van der Waals surface area contributed by atoms with Crippen molar-refractivity contribution in [2.75, 3.05) is 18.8 Å². The summed E-state index contributed by atoms with van der Waals surface area (Å²) in [6.45, 7) is 1.21. The minimum Gasteiger partial charge on any atom is -0.370 e. The average molecular weight is 607 g/mol. The maximum atomic E-state index is 13.4. The molecule has 1 aliphatic rings. The Morgan fingerprint density at radius 2 is 1.57 bits per heavy atom. The fraction of sp³-hybridized carbons (Fsp3) is 0.500. The van der Waals surface area contributed by atoms with E-state index in [4.69, 9.17) is 17.2 Å². The van der Waals surface area contributed by atoms with E-state index in [1.54, 1.807) is 24.3 Å². The monoisotopic (exact) mass is 606 g/mol. The third kappa shape index (κ3) is 10.3. The first-order valence-electron chi connectivity index (χ1n) is 13.3. The number of rotatable bonds is 15. The number of carbonyl (C=O) groups excluding carboxylic acids is 7. The Morgan fingerprint density at radius 1 is 0.929 bits per heavy atom. The predicted octanol–water partition coefficient (Wildman–Crippen LogP) is -3.57. The molecule has 230 valence electrons. The van der Waals surface area contributed by atoms with Crippen molar-refractivity contribution in [2.45, 2.75) is 62.8 Å². The molecule has 5 atom stereocenters. The summed E-state index contributed by atoms with van der Waals surface area (Å²) in [6, 6.07) is 3.37. The molecular weight excluding hydrogens is 568 g/mol. The van der Waals surface area contributed by atoms with Crippen molar-refractivity contribution in [1.82, 2.24) is 26.2 Å². The Hall–Kier alpha value is -4.18. The molecule has 5 unspecified atom stereocenters. The molecule has 1 aromatic rings. The third-order valence-corrected chi connectivity index (χ3v) is 6.86. The summed E-state index contributed by atoms with van der Waals surface area (Å²) in [7, 11) is 0. The molecule has 1 fully saturated rings. The van der Waals surface area contributed by atoms with Crippen molar-refractivity contribution < 1.29 is 33.6 Å². The highest BCUT2D eigenvalue weighted by Crippen LogP contribution is 2.19. The minimum atomic E-state index is -1.41. The molecule has 1 heterocycles. The number of benzene rings is 1. The van der Waals surface area contributed by atoms with Crippen molar-refractivity contribution in [3.63, 3.8) is 0 Å². The van der Waals surface area contributed by atoms with Crippen molar-refractivity contribution in [3.8, 4) is 0 Å². The lowest BCUT2D eigenvalue weighted by atomic mass is 10.0. The summed E-state index contributed by atoms with van der Waals surface area (Å²) in [5, 5.41) is 9.69. The second kappa shape index (κ2) is 16.3. The first kappa shape index (κ1) is 34.0. The topological polar surface area (TPSA) is 249 Å². The first-order chi connectivity index (χ1) is 19.8. The van der Waals surface area contributed by atoms with E-state index in [-0.39, 0.29) is 18.7 Å². The molecule has 0 aromatic heterocycles. The minimum absolute atomic E-state index is 0.161. The molecule has 16 heteroatoms. The predicted molar refractivity (Wildman–Crippen MR) is 154 cm³/mol. The zero-order valence-corrected chi connectivity index (χ0v) is 24.1. The third-order valence-electron chi connectivity index (χ3n) is 6.50. The molecule has 1 aromatic carbocycles. The van der Waals surface area contributed by atoms with Gasteiger partial charge in [0, 0.05) is 12.3 Å². The molecule has 0 bridgehead atoms. The maximum Gasteiger partial charge on any atom is 0.246 e. The van der Waals surface area contributed by atoms with Crippen LogP contribution in [0, 0.1) is 0 Å². The number of hydrogen-bond donors (Lipinski definition) is 8. The number of nitrogens with one attached hydrogen (secondary N) is 4. The SMILES string of the molecule is CC(NC(=O)C1CCCN1C(=O)C(CS)NC(=O)C(CC(N)=O)NC(=O)C(N)Cc1ccccc1)C(=O)NCC(N)=O. The summed E-state index contributed by atoms with van der Waals surface area (Å²) in [5.41, 5.74) is 17.1. The normalized spacial score (nSPS) is 17.2. The lowest BCUT2D eigenvalue weighted by molar-refractivity contribution is -0.142. The van der Waals surface area contributed by atoms with Crippen LogP contribution in [0.5, 0.6) is 0 Å². The molecule has 15 nitrogen and oxygen atoms in total. The van der Waals surface area contributed by atoms with Gasteiger partial charge in [-0.2, -0.15) is 12.6 Å². The number of likely N-dealkylation sites (tertiary alicyclic amines) is 1. The molecule has 10 N–H and O–H groups in total. The van der Waals surface area contributed by atoms with Crippen LogP contribution < -0.4 is 38.5 Å². The number of carbonyl (C=O) groups is 7. The van der Waals surface area contributed by atoms with Crippen LogP contribution in [0.15, 0.2) is 30.3 Å². The Bertz CT molecular complexity index is 1170. The van der Waals surface area contributed by atoms with Crippen LogP contribution in [0.25, 0.3) is 0 Å². The van der Waals surface area contributed by atoms with E-state index >= 15 is 0 Å². The van der Waals surface area contributed by atoms with E-state index in [0.29, 0.717) is 12.8 Å². The lowest BCUT2D eigenvalue weighted by Gasteiger charge is -2.29. The highest BCUT2D eigenvalue weighted by Gasteiger charge is 2.39. The zero-order valence-electron chi connectivity index (χ0n) is 23.2. The molecule has 0 aliphatic carbocycles. The van der Waals surface area contributed by atoms with Crippen molar-refractivity contribution in [3.05, 3.63) is 35.9 Å². The number of hydrogen-bond acceptors (Lipinski definition) is 9. The van der Waals surface area contributed by atoms with Gasteiger partial charge in [0.1, 0.15) is 24.2 Å². The summed E-state index contributed by atoms with van der Waals surface area (Å²) in [6.07, 6.45) is 0.422. The van der Waals surface area contributed by atoms with E-state index < -0.39 is 84.5 Å². The van der Waals surface area contributed by atoms with Gasteiger partial charge in [-0.25, -0.2) is 0 Å². The summed E-state index contributed by atoms with van der Waals surface area (Å²) in [4.78, 5) is 88.0. The number of primary amides is 2. The van der Waals surface area contributed by atoms with Crippen LogP contribution in [0.1, 0.15) is 31.7 Å². The van der Waals surface area contributed by atoms with Crippen LogP contribution >= 0.6 is 12.6 Å². The van der Waals surface area contributed by atoms with Gasteiger partial charge in [-0.05, 0) is 31.7 Å². The number of nitrogens with zero attached hydrogens (tertiary/aromatic N) is 1. The second-order valence-corrected chi connectivity index (χ2v) is 10.2. The Kier molecular flexibility index (Phi) is 13.2. The van der Waals surface area contributed by atoms with E-state index in [1.807, 2.05) is 6.07 Å². The van der Waals surface area contributed by atoms with Gasteiger partial charge in [-0.3, -0.25) is 33.6 Å². The molecule has 7 amide bonds. The average Bonchev–Trinajstić information content (AvgIpc) is 3.44. The van der Waals surface area contributed by atoms with Gasteiger partial charge in [0.05, 0.1) is 19.0 Å². The van der Waals surface area contributed by atoms with Crippen molar-refractivity contribution in [1.29, 1.82) is 0 Å². The number of nitrogens with two attached hydrogens (primary N) is 3. The van der Waals surface area contributed by atoms with Crippen LogP contribution in [0.2, 0.25) is 0 Å². The first-order valence-corrected chi connectivity index (χ1v) is 13.9. The largest absolute Gasteiger partial charge is 0.370 e. The summed E-state index contributed by atoms with van der Waals surface area (Å²) >= 11 is 4.17. The fourth-order valence-corrected chi connectivity index (χ4v) is 4.56. The Labute approximate surface area is 248 Å². The van der Waals surface area contributed by atoms with Gasteiger partial charge >= 0.3 is 0 Å². The van der Waals surface area contributed by atoms with Gasteiger partial charge < -0.3 is 43.4 Å². The molecule has 1 aliphatic heterocycles. The van der Waals surface area contributed by atoms with Crippen LogP contribution in [0.4, 0.5) is 0 Å². The highest BCUT2D eigenvalue weighted by atomic mass is 32.1. The van der Waals surface area contributed by atoms with E-state index in [1.165, 1.54) is 11.8 Å². The molecule has 1 saturated heterocycles. The molecule has 0 spiro atoms. The highest BCUT2D eigenvalue weighted by molar-refractivity contribution is 7.80. The Morgan fingerprint density at radius 3 is 2.17 bits per heavy atom. The Balaban J connectivity index is 2.05. The van der Waals surface area contributed by atoms with Gasteiger partial charge in [-0.1, -0.05) is 30.3 Å². The van der Waals surface area contributed by atoms with Gasteiger partial charge in [-0.15, -0.1) is 0 Å². The molecule has 0 radical (unpaired) electrons. The summed E-state index contributed by atoms with van der Waals surface area (Å²) in [5.74, 6) is -5.19. The number of thiol groups is 1. The molecule has 42 heavy (non-hydrogen) atoms. The quantitative estimate of drug-likeness (QED) is 0.0925. The van der Waals surface area contributed by atoms with Crippen molar-refractivity contribution in [2.24, 2.45) is 17.2 Å². The van der Waals surface area contributed by atoms with E-state index in [2.05, 4.69) is 33.9 Å². The molecule has 2 rings (SSSR count). The molecule has 0 saturated carbocycles. The van der Waals surface area contributed by atoms with Gasteiger partial charge in [0.15, 0.2) is 0 Å². The molecular formula is C26H38N8O7S. The van der Waals surface area contributed by atoms with Gasteiger partial charge in [0.25, 0.3) is 0 Å². The number of amides is 7. The zero-order chi connectivity index (χ0) is 31.4. The van der Waals surface area contributed by atoms with E-state index in [0.717, 1.165) is 5.56 Å². The van der Waals surface area contributed by atoms with Crippen LogP contribution in [-0.4, -0.2) is 95.3 Å². The fourth-order valence-electron chi connectivity index (χ4n) is 4.31. The van der Waals surface area contributed by atoms with Crippen molar-refractivity contribution >= 4 is 54.0 Å². The summed E-state index contributed by atoms with van der Waals surface area (Å²) < 4.78 is 0. The van der Waals surface area contributed by atoms with Crippen LogP contribution in [-0.2, 0) is 40.0 Å². The smallest absolute Gasteiger partial charge is 0.246 e. The standard InChI is InChI=1S/C26H38N8O7S/c1-14(22(37)30-12-21(29)36)31-25(40)19-8-5-9-34(19)26(41)18(13-42)33-24(39)17(11-20(28)35)32-23(38)16(27)10-15-6-3-2-4-7-15/h2-4,6-7,14,16-19,42H,5,8-13,27H2,1H3,(H2,28,35)(H2,29,36)(H,30,37)(H,31,40)(H,32,38)(H,33,39). The van der Waals surface area contributed by atoms with Crippen LogP contribution in [0.3, 0.4) is 0 Å². The van der Waals surface area contributed by atoms with E-state index in [9.17, 15) is 33.6 Å². The second-order valence-electron chi connectivity index (χ2n) is 9.88. The lowest BCUT2D eigenvalue weighted by Crippen LogP contribution is -2.59.